The quantitative estimate of drug-likeness (QED) is 0.168. The zero-order chi connectivity index (χ0) is 37.0. The van der Waals surface area contributed by atoms with Crippen LogP contribution >= 0.6 is 0 Å². The molecule has 4 nitrogen and oxygen atoms in total. The number of hydrogen-bond acceptors (Lipinski definition) is 3. The van der Waals surface area contributed by atoms with Crippen molar-refractivity contribution in [2.45, 2.75) is 120 Å². The number of hydrogen-bond donors (Lipinski definition) is 2. The van der Waals surface area contributed by atoms with Crippen LogP contribution in [0.5, 0.6) is 11.5 Å². The van der Waals surface area contributed by atoms with Gasteiger partial charge in [-0.2, -0.15) is 0 Å². The van der Waals surface area contributed by atoms with E-state index in [1.54, 1.807) is 12.1 Å². The lowest BCUT2D eigenvalue weighted by molar-refractivity contribution is -0.121. The van der Waals surface area contributed by atoms with Crippen molar-refractivity contribution in [2.24, 2.45) is 0 Å². The Hall–Kier alpha value is -3.86. The van der Waals surface area contributed by atoms with E-state index in [1.165, 1.54) is 49.7 Å². The Morgan fingerprint density at radius 2 is 1.42 bits per heavy atom. The Morgan fingerprint density at radius 1 is 0.854 bits per heavy atom. The summed E-state index contributed by atoms with van der Waals surface area (Å²) < 4.78 is 15.1. The Morgan fingerprint density at radius 3 is 1.92 bits per heavy atom. The number of unbranched alkanes of at least 4 members (excludes halogenated alkanes) is 4. The van der Waals surface area contributed by atoms with E-state index in [-0.39, 0.29) is 5.91 Å². The molecule has 2 N–H and O–H groups in total. The molecule has 0 aromatic heterocycles. The van der Waals surface area contributed by atoms with Gasteiger partial charge < -0.3 is 15.2 Å². The molecule has 0 aliphatic rings. The maximum Gasteiger partial charge on any atom is 0.223 e. The van der Waals surface area contributed by atoms with Gasteiger partial charge in [0.05, 0.1) is 20.2 Å². The second-order valence-electron chi connectivity index (χ2n) is 10.3. The molecule has 0 radical (unpaired) electrons. The van der Waals surface area contributed by atoms with E-state index in [0.717, 1.165) is 28.9 Å². The van der Waals surface area contributed by atoms with Crippen LogP contribution in [0.3, 0.4) is 0 Å². The second-order valence-corrected chi connectivity index (χ2v) is 10.3. The smallest absolute Gasteiger partial charge is 0.223 e. The van der Waals surface area contributed by atoms with Crippen LogP contribution in [0.25, 0.3) is 12.2 Å². The Kier molecular flexibility index (Phi) is 36.4. The van der Waals surface area contributed by atoms with Crippen molar-refractivity contribution in [1.82, 2.24) is 5.32 Å². The summed E-state index contributed by atoms with van der Waals surface area (Å²) in [5.74, 6) is 1.11. The van der Waals surface area contributed by atoms with Gasteiger partial charge >= 0.3 is 0 Å². The summed E-state index contributed by atoms with van der Waals surface area (Å²) in [6.45, 7) is 23.4. The summed E-state index contributed by atoms with van der Waals surface area (Å²) in [6, 6.07) is 21.3. The van der Waals surface area contributed by atoms with Crippen LogP contribution in [0.1, 0.15) is 128 Å². The van der Waals surface area contributed by atoms with Crippen molar-refractivity contribution in [2.75, 3.05) is 13.8 Å². The number of ether oxygens (including phenoxy) is 1. The number of benzene rings is 3. The normalized spacial score (nSPS) is 9.31. The summed E-state index contributed by atoms with van der Waals surface area (Å²) in [6.07, 6.45) is 15.3. The lowest BCUT2D eigenvalue weighted by Crippen LogP contribution is -2.24. The van der Waals surface area contributed by atoms with Crippen LogP contribution in [0.15, 0.2) is 79.4 Å². The molecule has 3 rings (SSSR count). The predicted octanol–water partition coefficient (Wildman–Crippen LogP) is 12.7. The second kappa shape index (κ2) is 36.0. The molecule has 0 saturated carbocycles. The summed E-state index contributed by atoms with van der Waals surface area (Å²) in [5.41, 5.74) is 5.70. The monoisotopic (exact) mass is 666 g/mol. The number of rotatable bonds is 14. The molecule has 0 aliphatic heterocycles. The van der Waals surface area contributed by atoms with Crippen molar-refractivity contribution < 1.29 is 19.0 Å². The fraction of sp³-hybridized carbons (Fsp3) is 0.465. The van der Waals surface area contributed by atoms with Gasteiger partial charge in [-0.15, -0.1) is 0 Å². The van der Waals surface area contributed by atoms with Crippen molar-refractivity contribution in [3.05, 3.63) is 107 Å². The van der Waals surface area contributed by atoms with Crippen molar-refractivity contribution in [3.8, 4) is 11.5 Å². The first-order chi connectivity index (χ1) is 23.4. The lowest BCUT2D eigenvalue weighted by atomic mass is 10.0. The molecule has 5 heteroatoms. The molecule has 0 spiro atoms. The van der Waals surface area contributed by atoms with Gasteiger partial charge in [-0.05, 0) is 73.2 Å². The van der Waals surface area contributed by atoms with E-state index in [1.807, 2.05) is 114 Å². The minimum absolute atomic E-state index is 0.0291. The average molecular weight is 666 g/mol. The van der Waals surface area contributed by atoms with Crippen molar-refractivity contribution in [1.29, 1.82) is 0 Å². The molecular formula is C43H68FNO3. The first-order valence-electron chi connectivity index (χ1n) is 17.9. The third kappa shape index (κ3) is 25.3. The third-order valence-electron chi connectivity index (χ3n) is 6.59. The molecule has 3 aromatic rings. The van der Waals surface area contributed by atoms with Gasteiger partial charge in [0.25, 0.3) is 0 Å². The number of phenolic OH excluding ortho intramolecular Hbond substituents is 1. The number of nitrogens with one attached hydrogen (secondary N) is 1. The largest absolute Gasteiger partial charge is 0.508 e. The highest BCUT2D eigenvalue weighted by molar-refractivity contribution is 5.76. The van der Waals surface area contributed by atoms with Crippen molar-refractivity contribution in [3.63, 3.8) is 0 Å². The minimum Gasteiger partial charge on any atom is -0.508 e. The van der Waals surface area contributed by atoms with Gasteiger partial charge in [0.2, 0.25) is 5.91 Å². The predicted molar refractivity (Wildman–Crippen MR) is 211 cm³/mol. The van der Waals surface area contributed by atoms with E-state index < -0.39 is 0 Å². The molecule has 0 saturated heterocycles. The number of aromatic hydroxyl groups is 1. The first-order valence-corrected chi connectivity index (χ1v) is 17.9. The lowest BCUT2D eigenvalue weighted by Gasteiger charge is -2.11. The molecule has 0 aliphatic carbocycles. The summed E-state index contributed by atoms with van der Waals surface area (Å²) in [7, 11) is 0.500. The van der Waals surface area contributed by atoms with Gasteiger partial charge in [0.1, 0.15) is 11.5 Å². The maximum atomic E-state index is 12.0. The SMILES string of the molecule is C=Cc1c(/C=C\C)cccc1CNC(=O)CCOc1ccc(C)cc1.CC.CC.CCCCCC.CCCCc1ccc(O)cc1.CF. The highest BCUT2D eigenvalue weighted by atomic mass is 19.1. The number of phenols is 1. The molecule has 270 valence electrons. The molecule has 0 unspecified atom stereocenters. The number of carbonyl (C=O) groups is 1. The topological polar surface area (TPSA) is 58.6 Å². The summed E-state index contributed by atoms with van der Waals surface area (Å²) in [4.78, 5) is 12.0. The van der Waals surface area contributed by atoms with Crippen LogP contribution in [0.2, 0.25) is 0 Å². The van der Waals surface area contributed by atoms with Gasteiger partial charge in [-0.3, -0.25) is 9.18 Å². The number of aryl methyl sites for hydroxylation is 2. The Bertz CT molecular complexity index is 1170. The Labute approximate surface area is 294 Å². The van der Waals surface area contributed by atoms with E-state index in [0.29, 0.717) is 32.5 Å². The molecule has 1 amide bonds. The molecule has 48 heavy (non-hydrogen) atoms. The molecule has 0 atom stereocenters. The zero-order valence-electron chi connectivity index (χ0n) is 32.0. The summed E-state index contributed by atoms with van der Waals surface area (Å²) >= 11 is 0. The van der Waals surface area contributed by atoms with Gasteiger partial charge in [0, 0.05) is 6.54 Å². The zero-order valence-corrected chi connectivity index (χ0v) is 32.0. The first kappa shape index (κ1) is 48.5. The standard InChI is InChI=1S/C22H25NO2.C10H14O.C6H14.2C2H6.CH3F/c1-4-7-18-8-6-9-19(21(18)5-2)16-23-22(24)14-15-25-20-12-10-17(3)11-13-20;1-2-3-4-9-5-7-10(11)8-6-9;1-3-5-6-4-2;3*1-2/h4-13H,2,14-16H2,1,3H3,(H,23,24);5-8,11H,2-4H2,1H3;3-6H2,1-2H3;2*1-2H3;1H3/b7-4-;;;;;. The molecule has 0 bridgehead atoms. The number of amides is 1. The Balaban J connectivity index is -0.000000725. The molecule has 3 aromatic carbocycles. The van der Waals surface area contributed by atoms with E-state index in [9.17, 15) is 9.18 Å². The van der Waals surface area contributed by atoms with Crippen LogP contribution in [-0.2, 0) is 17.8 Å². The van der Waals surface area contributed by atoms with E-state index in [2.05, 4.69) is 32.7 Å². The maximum absolute atomic E-state index is 12.0. The number of halogens is 1. The number of carbonyl (C=O) groups excluding carboxylic acids is 1. The highest BCUT2D eigenvalue weighted by Crippen LogP contribution is 2.18. The third-order valence-corrected chi connectivity index (χ3v) is 6.59. The van der Waals surface area contributed by atoms with Crippen LogP contribution in [0, 0.1) is 6.92 Å². The fourth-order valence-corrected chi connectivity index (χ4v) is 4.08. The van der Waals surface area contributed by atoms with Crippen LogP contribution in [0.4, 0.5) is 4.39 Å². The van der Waals surface area contributed by atoms with Gasteiger partial charge in [0.15, 0.2) is 0 Å². The fourth-order valence-electron chi connectivity index (χ4n) is 4.08. The van der Waals surface area contributed by atoms with Crippen LogP contribution in [-0.4, -0.2) is 24.8 Å². The number of alkyl halides is 1. The summed E-state index contributed by atoms with van der Waals surface area (Å²) in [5, 5.41) is 11.9. The van der Waals surface area contributed by atoms with E-state index in [4.69, 9.17) is 9.84 Å². The molecule has 0 fully saturated rings. The molecular weight excluding hydrogens is 597 g/mol. The highest BCUT2D eigenvalue weighted by Gasteiger charge is 2.06. The number of allylic oxidation sites excluding steroid dienone is 1. The molecule has 0 heterocycles. The minimum atomic E-state index is -0.0291. The van der Waals surface area contributed by atoms with Gasteiger partial charge in [-0.1, -0.05) is 153 Å². The average Bonchev–Trinajstić information content (AvgIpc) is 3.13. The van der Waals surface area contributed by atoms with E-state index >= 15 is 0 Å². The van der Waals surface area contributed by atoms with Crippen molar-refractivity contribution >= 4 is 18.1 Å². The van der Waals surface area contributed by atoms with Gasteiger partial charge in [-0.25, -0.2) is 0 Å². The van der Waals surface area contributed by atoms with Crippen LogP contribution < -0.4 is 10.1 Å².